The van der Waals surface area contributed by atoms with Gasteiger partial charge in [0.25, 0.3) is 0 Å². The molecule has 4 aromatic rings. The summed E-state index contributed by atoms with van der Waals surface area (Å²) in [7, 11) is 1.65. The molecule has 0 atom stereocenters. The number of rotatable bonds is 6. The molecule has 0 radical (unpaired) electrons. The molecule has 0 saturated carbocycles. The minimum Gasteiger partial charge on any atom is -0.497 e. The summed E-state index contributed by atoms with van der Waals surface area (Å²) >= 11 is 1.48. The van der Waals surface area contributed by atoms with Crippen molar-refractivity contribution in [2.45, 2.75) is 6.42 Å². The Morgan fingerprint density at radius 1 is 1.11 bits per heavy atom. The summed E-state index contributed by atoms with van der Waals surface area (Å²) in [5.41, 5.74) is 2.07. The average molecular weight is 376 g/mol. The van der Waals surface area contributed by atoms with Gasteiger partial charge in [-0.3, -0.25) is 0 Å². The molecule has 4 rings (SSSR count). The lowest BCUT2D eigenvalue weighted by Crippen LogP contribution is -1.98. The largest absolute Gasteiger partial charge is 0.497 e. The molecule has 0 fully saturated rings. The zero-order valence-electron chi connectivity index (χ0n) is 14.6. The molecule has 0 unspecified atom stereocenters. The van der Waals surface area contributed by atoms with Crippen molar-refractivity contribution >= 4 is 16.3 Å². The van der Waals surface area contributed by atoms with E-state index >= 15 is 0 Å². The molecule has 6 nitrogen and oxygen atoms in total. The Kier molecular flexibility index (Phi) is 4.73. The molecule has 0 amide bonds. The summed E-state index contributed by atoms with van der Waals surface area (Å²) in [6, 6.07) is 15.6. The van der Waals surface area contributed by atoms with Crippen LogP contribution in [0, 0.1) is 12.3 Å². The Balaban J connectivity index is 1.61. The van der Waals surface area contributed by atoms with Crippen LogP contribution in [-0.2, 0) is 6.42 Å². The summed E-state index contributed by atoms with van der Waals surface area (Å²) in [5.74, 6) is 4.80. The summed E-state index contributed by atoms with van der Waals surface area (Å²) in [4.78, 5) is 0.753. The van der Waals surface area contributed by atoms with E-state index in [2.05, 4.69) is 21.2 Å². The molecule has 0 spiro atoms. The van der Waals surface area contributed by atoms with Crippen LogP contribution >= 0.6 is 11.3 Å². The van der Waals surface area contributed by atoms with Gasteiger partial charge in [-0.1, -0.05) is 41.5 Å². The highest BCUT2D eigenvalue weighted by Gasteiger charge is 2.14. The van der Waals surface area contributed by atoms with Crippen molar-refractivity contribution in [1.29, 1.82) is 0 Å². The summed E-state index contributed by atoms with van der Waals surface area (Å²) in [6.45, 7) is 0.237. The van der Waals surface area contributed by atoms with E-state index in [4.69, 9.17) is 15.9 Å². The van der Waals surface area contributed by atoms with Gasteiger partial charge in [0.1, 0.15) is 23.1 Å². The SMILES string of the molecule is C#CCOc1cccc(-c2nn3c(Cc4ccc(OC)cc4)nnc3s2)c1. The smallest absolute Gasteiger partial charge is 0.234 e. The number of benzene rings is 2. The quantitative estimate of drug-likeness (QED) is 0.482. The van der Waals surface area contributed by atoms with Crippen molar-refractivity contribution in [2.75, 3.05) is 13.7 Å². The van der Waals surface area contributed by atoms with Crippen molar-refractivity contribution < 1.29 is 9.47 Å². The van der Waals surface area contributed by atoms with Gasteiger partial charge in [-0.2, -0.15) is 9.61 Å². The molecule has 0 saturated heterocycles. The van der Waals surface area contributed by atoms with Gasteiger partial charge in [-0.25, -0.2) is 0 Å². The standard InChI is InChI=1S/C20H16N4O2S/c1-3-11-26-17-6-4-5-15(13-17)19-23-24-18(21-22-20(24)27-19)12-14-7-9-16(25-2)10-8-14/h1,4-10,13H,11-12H2,2H3. The topological polar surface area (TPSA) is 61.5 Å². The van der Waals surface area contributed by atoms with E-state index < -0.39 is 0 Å². The van der Waals surface area contributed by atoms with Crippen LogP contribution < -0.4 is 9.47 Å². The van der Waals surface area contributed by atoms with E-state index in [1.807, 2.05) is 48.5 Å². The van der Waals surface area contributed by atoms with Crippen LogP contribution in [0.5, 0.6) is 11.5 Å². The van der Waals surface area contributed by atoms with Crippen LogP contribution in [0.1, 0.15) is 11.4 Å². The van der Waals surface area contributed by atoms with E-state index in [9.17, 15) is 0 Å². The van der Waals surface area contributed by atoms with Crippen molar-refractivity contribution in [1.82, 2.24) is 19.8 Å². The summed E-state index contributed by atoms with van der Waals surface area (Å²) in [6.07, 6.45) is 5.89. The molecule has 134 valence electrons. The number of fused-ring (bicyclic) bond motifs is 1. The van der Waals surface area contributed by atoms with Crippen LogP contribution in [0.25, 0.3) is 15.5 Å². The van der Waals surface area contributed by atoms with E-state index in [-0.39, 0.29) is 6.61 Å². The first kappa shape index (κ1) is 17.1. The number of methoxy groups -OCH3 is 1. The molecule has 2 aromatic heterocycles. The highest BCUT2D eigenvalue weighted by atomic mass is 32.1. The van der Waals surface area contributed by atoms with Gasteiger partial charge in [0.2, 0.25) is 4.96 Å². The maximum atomic E-state index is 5.49. The fourth-order valence-electron chi connectivity index (χ4n) is 2.65. The minimum absolute atomic E-state index is 0.237. The van der Waals surface area contributed by atoms with E-state index in [0.29, 0.717) is 6.42 Å². The number of aromatic nitrogens is 4. The summed E-state index contributed by atoms with van der Waals surface area (Å²) < 4.78 is 12.5. The second kappa shape index (κ2) is 7.48. The van der Waals surface area contributed by atoms with Gasteiger partial charge in [-0.15, -0.1) is 16.6 Å². The fraction of sp³-hybridized carbons (Fsp3) is 0.150. The number of nitrogens with zero attached hydrogens (tertiary/aromatic N) is 4. The van der Waals surface area contributed by atoms with Gasteiger partial charge < -0.3 is 9.47 Å². The van der Waals surface area contributed by atoms with Crippen molar-refractivity contribution in [2.24, 2.45) is 0 Å². The lowest BCUT2D eigenvalue weighted by molar-refractivity contribution is 0.370. The predicted octanol–water partition coefficient (Wildman–Crippen LogP) is 3.46. The first-order valence-electron chi connectivity index (χ1n) is 8.27. The zero-order valence-corrected chi connectivity index (χ0v) is 15.4. The molecule has 0 aliphatic rings. The highest BCUT2D eigenvalue weighted by Crippen LogP contribution is 2.28. The van der Waals surface area contributed by atoms with Gasteiger partial charge >= 0.3 is 0 Å². The van der Waals surface area contributed by atoms with E-state index in [0.717, 1.165) is 38.4 Å². The molecule has 2 heterocycles. The van der Waals surface area contributed by atoms with E-state index in [1.54, 1.807) is 11.6 Å². The van der Waals surface area contributed by atoms with Gasteiger partial charge in [0.05, 0.1) is 7.11 Å². The Morgan fingerprint density at radius 2 is 1.96 bits per heavy atom. The van der Waals surface area contributed by atoms with Crippen molar-refractivity contribution in [3.05, 3.63) is 59.9 Å². The normalized spacial score (nSPS) is 10.7. The number of ether oxygens (including phenoxy) is 2. The first-order valence-corrected chi connectivity index (χ1v) is 9.09. The Labute approximate surface area is 160 Å². The zero-order chi connectivity index (χ0) is 18.6. The predicted molar refractivity (Wildman–Crippen MR) is 104 cm³/mol. The molecule has 7 heteroatoms. The van der Waals surface area contributed by atoms with Crippen LogP contribution in [-0.4, -0.2) is 33.5 Å². The van der Waals surface area contributed by atoms with Crippen molar-refractivity contribution in [3.63, 3.8) is 0 Å². The van der Waals surface area contributed by atoms with Crippen LogP contribution in [0.15, 0.2) is 48.5 Å². The molecule has 2 aromatic carbocycles. The Hall–Kier alpha value is -3.37. The van der Waals surface area contributed by atoms with Gasteiger partial charge in [-0.05, 0) is 29.8 Å². The molecule has 0 bridgehead atoms. The van der Waals surface area contributed by atoms with Gasteiger partial charge in [0, 0.05) is 12.0 Å². The second-order valence-electron chi connectivity index (χ2n) is 5.76. The fourth-order valence-corrected chi connectivity index (χ4v) is 3.51. The van der Waals surface area contributed by atoms with Crippen LogP contribution in [0.3, 0.4) is 0 Å². The molecule has 0 aliphatic heterocycles. The second-order valence-corrected chi connectivity index (χ2v) is 6.72. The number of terminal acetylenes is 1. The third kappa shape index (κ3) is 3.61. The van der Waals surface area contributed by atoms with E-state index in [1.165, 1.54) is 11.3 Å². The lowest BCUT2D eigenvalue weighted by atomic mass is 10.1. The third-order valence-electron chi connectivity index (χ3n) is 3.98. The molecule has 0 N–H and O–H groups in total. The third-order valence-corrected chi connectivity index (χ3v) is 4.93. The van der Waals surface area contributed by atoms with Crippen molar-refractivity contribution in [3.8, 4) is 34.4 Å². The molecule has 27 heavy (non-hydrogen) atoms. The first-order chi connectivity index (χ1) is 13.3. The number of hydrogen-bond donors (Lipinski definition) is 0. The van der Waals surface area contributed by atoms with Crippen LogP contribution in [0.2, 0.25) is 0 Å². The molecular weight excluding hydrogens is 360 g/mol. The minimum atomic E-state index is 0.237. The Morgan fingerprint density at radius 3 is 2.74 bits per heavy atom. The maximum Gasteiger partial charge on any atom is 0.234 e. The summed E-state index contributed by atoms with van der Waals surface area (Å²) in [5, 5.41) is 14.1. The van der Waals surface area contributed by atoms with Crippen LogP contribution in [0.4, 0.5) is 0 Å². The highest BCUT2D eigenvalue weighted by molar-refractivity contribution is 7.19. The maximum absolute atomic E-state index is 5.49. The average Bonchev–Trinajstić information content (AvgIpc) is 3.29. The molecule has 0 aliphatic carbocycles. The van der Waals surface area contributed by atoms with Gasteiger partial charge in [0.15, 0.2) is 5.82 Å². The molecular formula is C20H16N4O2S. The number of hydrogen-bond acceptors (Lipinski definition) is 6. The lowest BCUT2D eigenvalue weighted by Gasteiger charge is -2.03. The Bertz CT molecular complexity index is 1110. The monoisotopic (exact) mass is 376 g/mol.